The van der Waals surface area contributed by atoms with Crippen LogP contribution in [-0.2, 0) is 34.6 Å². The summed E-state index contributed by atoms with van der Waals surface area (Å²) in [5, 5.41) is 10.8. The average Bonchev–Trinajstić information content (AvgIpc) is 3.98. The van der Waals surface area contributed by atoms with Crippen LogP contribution in [0.25, 0.3) is 0 Å². The van der Waals surface area contributed by atoms with Crippen LogP contribution in [0.1, 0.15) is 76.0 Å². The minimum absolute atomic E-state index is 0.0126. The molecule has 0 bridgehead atoms. The first-order valence-electron chi connectivity index (χ1n) is 16.5. The van der Waals surface area contributed by atoms with E-state index in [-0.39, 0.29) is 40.8 Å². The lowest BCUT2D eigenvalue weighted by atomic mass is 9.93. The van der Waals surface area contributed by atoms with Crippen LogP contribution < -0.4 is 21.3 Å². The first-order valence-corrected chi connectivity index (χ1v) is 16.8. The van der Waals surface area contributed by atoms with Gasteiger partial charge in [0.1, 0.15) is 6.04 Å². The Morgan fingerprint density at radius 2 is 1.71 bits per heavy atom. The lowest BCUT2D eigenvalue weighted by Crippen LogP contribution is -2.57. The van der Waals surface area contributed by atoms with Crippen molar-refractivity contribution in [2.24, 2.45) is 11.3 Å². The van der Waals surface area contributed by atoms with Gasteiger partial charge in [-0.05, 0) is 68.1 Å². The van der Waals surface area contributed by atoms with Crippen molar-refractivity contribution in [3.8, 4) is 0 Å². The number of hydrogen-bond acceptors (Lipinski definition) is 7. The molecule has 1 aliphatic heterocycles. The second-order valence-electron chi connectivity index (χ2n) is 13.5. The number of alkyl carbamates (subject to hydrolysis) is 1. The van der Waals surface area contributed by atoms with E-state index in [4.69, 9.17) is 21.1 Å². The highest BCUT2D eigenvalue weighted by Gasteiger charge is 2.47. The van der Waals surface area contributed by atoms with Crippen molar-refractivity contribution >= 4 is 41.4 Å². The molecule has 4 amide bonds. The summed E-state index contributed by atoms with van der Waals surface area (Å²) in [7, 11) is 0. The van der Waals surface area contributed by atoms with Crippen LogP contribution in [0, 0.1) is 11.3 Å². The summed E-state index contributed by atoms with van der Waals surface area (Å²) in [6.07, 6.45) is -1.22. The predicted molar refractivity (Wildman–Crippen MR) is 174 cm³/mol. The van der Waals surface area contributed by atoms with Gasteiger partial charge in [0.15, 0.2) is 12.2 Å². The number of carbonyl (C=O) groups excluding carboxylic acids is 5. The van der Waals surface area contributed by atoms with Crippen molar-refractivity contribution in [3.63, 3.8) is 0 Å². The molecule has 0 radical (unpaired) electrons. The fourth-order valence-electron chi connectivity index (χ4n) is 5.96. The molecule has 3 aliphatic rings. The number of benzene rings is 2. The third-order valence-electron chi connectivity index (χ3n) is 9.14. The zero-order valence-corrected chi connectivity index (χ0v) is 28.1. The van der Waals surface area contributed by atoms with Gasteiger partial charge < -0.3 is 30.7 Å². The molecule has 4 N–H and O–H groups in total. The van der Waals surface area contributed by atoms with Gasteiger partial charge in [-0.2, -0.15) is 8.78 Å². The molecule has 2 aliphatic carbocycles. The summed E-state index contributed by atoms with van der Waals surface area (Å²) in [6.45, 7) is 3.47. The molecule has 3 fully saturated rings. The Bertz CT molecular complexity index is 1550. The maximum absolute atomic E-state index is 16.0. The number of carbonyl (C=O) groups is 5. The molecule has 2 saturated carbocycles. The zero-order chi connectivity index (χ0) is 35.3. The largest absolute Gasteiger partial charge is 0.450 e. The quantitative estimate of drug-likeness (QED) is 0.197. The van der Waals surface area contributed by atoms with Crippen molar-refractivity contribution < 1.29 is 42.2 Å². The Kier molecular flexibility index (Phi) is 11.1. The average molecular weight is 703 g/mol. The summed E-state index contributed by atoms with van der Waals surface area (Å²) in [5.41, 5.74) is -0.780. The fourth-order valence-corrected chi connectivity index (χ4v) is 6.15. The minimum atomic E-state index is -3.72. The van der Waals surface area contributed by atoms with Crippen molar-refractivity contribution in [2.45, 2.75) is 95.0 Å². The van der Waals surface area contributed by atoms with Gasteiger partial charge in [0.2, 0.25) is 11.8 Å². The van der Waals surface area contributed by atoms with Gasteiger partial charge in [-0.3, -0.25) is 19.2 Å². The maximum Gasteiger partial charge on any atom is 0.408 e. The molecule has 2 aromatic rings. The van der Waals surface area contributed by atoms with E-state index in [0.717, 1.165) is 38.7 Å². The monoisotopic (exact) mass is 702 g/mol. The highest BCUT2D eigenvalue weighted by atomic mass is 35.5. The summed E-state index contributed by atoms with van der Waals surface area (Å²) in [6, 6.07) is 10.1. The Labute approximate surface area is 288 Å². The van der Waals surface area contributed by atoms with Gasteiger partial charge in [-0.15, -0.1) is 0 Å². The predicted octanol–water partition coefficient (Wildman–Crippen LogP) is 4.68. The van der Waals surface area contributed by atoms with E-state index in [1.54, 1.807) is 6.07 Å². The van der Waals surface area contributed by atoms with Crippen molar-refractivity contribution in [3.05, 3.63) is 70.7 Å². The number of halogens is 3. The van der Waals surface area contributed by atoms with Gasteiger partial charge in [0, 0.05) is 36.0 Å². The van der Waals surface area contributed by atoms with Gasteiger partial charge in [-0.1, -0.05) is 61.0 Å². The van der Waals surface area contributed by atoms with Gasteiger partial charge in [0.25, 0.3) is 5.91 Å². The van der Waals surface area contributed by atoms with E-state index in [1.807, 2.05) is 6.92 Å². The molecule has 2 unspecified atom stereocenters. The normalized spacial score (nSPS) is 20.5. The lowest BCUT2D eigenvalue weighted by Gasteiger charge is -2.31. The van der Waals surface area contributed by atoms with Gasteiger partial charge in [-0.25, -0.2) is 4.79 Å². The number of alkyl halides is 2. The Hall–Kier alpha value is -4.26. The van der Waals surface area contributed by atoms with Crippen LogP contribution >= 0.6 is 11.6 Å². The van der Waals surface area contributed by atoms with Crippen LogP contribution in [0.4, 0.5) is 13.6 Å². The van der Waals surface area contributed by atoms with Crippen LogP contribution in [0.2, 0.25) is 5.02 Å². The van der Waals surface area contributed by atoms with E-state index in [0.29, 0.717) is 13.0 Å². The van der Waals surface area contributed by atoms with Crippen LogP contribution in [0.5, 0.6) is 0 Å². The molecule has 49 heavy (non-hydrogen) atoms. The van der Waals surface area contributed by atoms with E-state index < -0.39 is 65.6 Å². The van der Waals surface area contributed by atoms with Gasteiger partial charge in [0.05, 0.1) is 6.04 Å². The molecule has 1 heterocycles. The van der Waals surface area contributed by atoms with Crippen molar-refractivity contribution in [2.75, 3.05) is 6.54 Å². The Morgan fingerprint density at radius 3 is 2.31 bits per heavy atom. The highest BCUT2D eigenvalue weighted by Crippen LogP contribution is 2.49. The standard InChI is InChI=1S/C35H41ClF2N4O7/c1-20(43)48-28(32(46)40-25-11-12-25)26(17-22-13-16-39-30(22)44)41-31(45)27(19-34(2)14-15-34)42-33(47)49-29(21-7-4-3-5-8-21)35(37,38)23-9-6-10-24(36)18-23/h3-10,18,22,25-29H,11-17,19H2,1-2H3,(H,39,44)(H,40,46)(H,41,45)(H,42,47)/t22-,26-,27-,28?,29?/m0/s1. The first kappa shape index (κ1) is 36.0. The molecular formula is C35H41ClF2N4O7. The SMILES string of the molecule is CC(=O)OC(C(=O)NC1CC1)[C@H](C[C@@H]1CCNC1=O)NC(=O)[C@H](CC1(C)CC1)NC(=O)OC(c1ccccc1)C(F)(F)c1cccc(Cl)c1. The Balaban J connectivity index is 1.38. The topological polar surface area (TPSA) is 152 Å². The zero-order valence-electron chi connectivity index (χ0n) is 27.3. The van der Waals surface area contributed by atoms with Crippen molar-refractivity contribution in [1.82, 2.24) is 21.3 Å². The highest BCUT2D eigenvalue weighted by molar-refractivity contribution is 6.30. The summed E-state index contributed by atoms with van der Waals surface area (Å²) < 4.78 is 42.9. The van der Waals surface area contributed by atoms with Crippen molar-refractivity contribution in [1.29, 1.82) is 0 Å². The molecule has 0 spiro atoms. The number of rotatable bonds is 15. The molecule has 1 saturated heterocycles. The molecule has 264 valence electrons. The fraction of sp³-hybridized carbons (Fsp3) is 0.514. The summed E-state index contributed by atoms with van der Waals surface area (Å²) >= 11 is 6.01. The van der Waals surface area contributed by atoms with Crippen LogP contribution in [0.3, 0.4) is 0 Å². The molecule has 11 nitrogen and oxygen atoms in total. The van der Waals surface area contributed by atoms with E-state index in [1.165, 1.54) is 42.5 Å². The molecule has 14 heteroatoms. The summed E-state index contributed by atoms with van der Waals surface area (Å²) in [5.74, 6) is -6.68. The molecule has 5 atom stereocenters. The number of amides is 4. The van der Waals surface area contributed by atoms with Crippen LogP contribution in [-0.4, -0.2) is 60.6 Å². The van der Waals surface area contributed by atoms with E-state index in [9.17, 15) is 24.0 Å². The molecule has 5 rings (SSSR count). The van der Waals surface area contributed by atoms with Gasteiger partial charge >= 0.3 is 18.0 Å². The number of ether oxygens (including phenoxy) is 2. The summed E-state index contributed by atoms with van der Waals surface area (Å²) in [4.78, 5) is 65.4. The van der Waals surface area contributed by atoms with E-state index in [2.05, 4.69) is 21.3 Å². The second kappa shape index (κ2) is 15.1. The number of nitrogens with one attached hydrogen (secondary N) is 4. The smallest absolute Gasteiger partial charge is 0.408 e. The minimum Gasteiger partial charge on any atom is -0.450 e. The van der Waals surface area contributed by atoms with E-state index >= 15 is 8.78 Å². The van der Waals surface area contributed by atoms with Crippen LogP contribution in [0.15, 0.2) is 54.6 Å². The first-order chi connectivity index (χ1) is 23.2. The Morgan fingerprint density at radius 1 is 1.00 bits per heavy atom. The number of hydrogen-bond donors (Lipinski definition) is 4. The maximum atomic E-state index is 16.0. The third-order valence-corrected chi connectivity index (χ3v) is 9.38. The number of esters is 1. The molecule has 0 aromatic heterocycles. The second-order valence-corrected chi connectivity index (χ2v) is 13.9. The molecular weight excluding hydrogens is 662 g/mol. The lowest BCUT2D eigenvalue weighted by molar-refractivity contribution is -0.157. The molecule has 2 aromatic carbocycles. The third kappa shape index (κ3) is 9.68.